The molecular weight excluding hydrogens is 330 g/mol. The van der Waals surface area contributed by atoms with E-state index < -0.39 is 6.10 Å². The molecule has 2 aromatic carbocycles. The molecule has 2 aliphatic rings. The fraction of sp³-hybridized carbons (Fsp3) is 0.333. The Balaban J connectivity index is 1.49. The lowest BCUT2D eigenvalue weighted by Gasteiger charge is -2.20. The Labute approximate surface area is 152 Å². The number of fused-ring (bicyclic) bond motifs is 2. The highest BCUT2D eigenvalue weighted by Crippen LogP contribution is 2.30. The van der Waals surface area contributed by atoms with Crippen LogP contribution in [0, 0.1) is 0 Å². The molecule has 5 nitrogen and oxygen atoms in total. The second-order valence-electron chi connectivity index (χ2n) is 6.81. The van der Waals surface area contributed by atoms with Crippen LogP contribution in [0.5, 0.6) is 11.5 Å². The van der Waals surface area contributed by atoms with Gasteiger partial charge in [-0.15, -0.1) is 0 Å². The average molecular weight is 351 g/mol. The van der Waals surface area contributed by atoms with Gasteiger partial charge < -0.3 is 14.8 Å². The van der Waals surface area contributed by atoms with Gasteiger partial charge in [-0.2, -0.15) is 0 Å². The number of benzene rings is 2. The Hall–Kier alpha value is -2.82. The molecule has 0 bridgehead atoms. The van der Waals surface area contributed by atoms with Gasteiger partial charge in [0.1, 0.15) is 11.5 Å². The molecule has 0 saturated heterocycles. The van der Waals surface area contributed by atoms with Gasteiger partial charge in [0, 0.05) is 5.56 Å². The first-order chi connectivity index (χ1) is 12.6. The van der Waals surface area contributed by atoms with Crippen LogP contribution in [-0.4, -0.2) is 24.4 Å². The fourth-order valence-electron chi connectivity index (χ4n) is 3.51. The van der Waals surface area contributed by atoms with Crippen molar-refractivity contribution in [3.63, 3.8) is 0 Å². The van der Waals surface area contributed by atoms with Crippen molar-refractivity contribution >= 4 is 17.4 Å². The first-order valence-corrected chi connectivity index (χ1v) is 8.99. The zero-order valence-corrected chi connectivity index (χ0v) is 14.7. The monoisotopic (exact) mass is 351 g/mol. The van der Waals surface area contributed by atoms with Crippen LogP contribution in [0.2, 0.25) is 0 Å². The number of Topliss-reactive ketones (excluding diaryl/α,β-unsaturated/α-hetero) is 1. The first-order valence-electron chi connectivity index (χ1n) is 8.99. The summed E-state index contributed by atoms with van der Waals surface area (Å²) in [6, 6.07) is 11.1. The predicted molar refractivity (Wildman–Crippen MR) is 98.1 cm³/mol. The molecule has 0 spiro atoms. The van der Waals surface area contributed by atoms with Gasteiger partial charge in [-0.3, -0.25) is 9.59 Å². The molecule has 2 aromatic rings. The normalized spacial score (nSPS) is 16.6. The van der Waals surface area contributed by atoms with Gasteiger partial charge in [-0.05, 0) is 74.1 Å². The number of rotatable bonds is 4. The van der Waals surface area contributed by atoms with Crippen LogP contribution in [0.1, 0.15) is 41.3 Å². The van der Waals surface area contributed by atoms with Crippen LogP contribution in [0.4, 0.5) is 5.69 Å². The van der Waals surface area contributed by atoms with Crippen molar-refractivity contribution in [2.24, 2.45) is 0 Å². The zero-order valence-electron chi connectivity index (χ0n) is 14.7. The van der Waals surface area contributed by atoms with E-state index >= 15 is 0 Å². The average Bonchev–Trinajstić information content (AvgIpc) is 2.66. The quantitative estimate of drug-likeness (QED) is 0.856. The van der Waals surface area contributed by atoms with E-state index in [1.54, 1.807) is 25.1 Å². The van der Waals surface area contributed by atoms with Crippen LogP contribution in [0.3, 0.4) is 0 Å². The molecule has 0 radical (unpaired) electrons. The highest BCUT2D eigenvalue weighted by molar-refractivity contribution is 6.02. The standard InChI is InChI=1S/C21H21NO4/c1-13(26-17-8-6-14-4-2-3-5-15(14)10-17)21(24)16-7-9-19-18(11-16)22-20(23)12-25-19/h6-11,13H,2-5,12H2,1H3,(H,22,23). The van der Waals surface area contributed by atoms with Gasteiger partial charge >= 0.3 is 0 Å². The van der Waals surface area contributed by atoms with Crippen molar-refractivity contribution in [1.82, 2.24) is 0 Å². The lowest BCUT2D eigenvalue weighted by atomic mass is 9.92. The van der Waals surface area contributed by atoms with E-state index in [0.717, 1.165) is 18.6 Å². The van der Waals surface area contributed by atoms with Gasteiger partial charge in [0.2, 0.25) is 5.78 Å². The number of ether oxygens (including phenoxy) is 2. The van der Waals surface area contributed by atoms with Gasteiger partial charge in [0.05, 0.1) is 5.69 Å². The van der Waals surface area contributed by atoms with Gasteiger partial charge in [0.15, 0.2) is 12.7 Å². The van der Waals surface area contributed by atoms with E-state index in [1.807, 2.05) is 6.07 Å². The Bertz CT molecular complexity index is 874. The highest BCUT2D eigenvalue weighted by atomic mass is 16.5. The number of hydrogen-bond donors (Lipinski definition) is 1. The topological polar surface area (TPSA) is 64.6 Å². The van der Waals surface area contributed by atoms with E-state index in [0.29, 0.717) is 17.0 Å². The molecule has 0 fully saturated rings. The minimum absolute atomic E-state index is 0.00185. The highest BCUT2D eigenvalue weighted by Gasteiger charge is 2.22. The SMILES string of the molecule is CC(Oc1ccc2c(c1)CCCC2)C(=O)c1ccc2c(c1)NC(=O)CO2. The first kappa shape index (κ1) is 16.6. The van der Waals surface area contributed by atoms with Crippen molar-refractivity contribution in [1.29, 1.82) is 0 Å². The minimum atomic E-state index is -0.616. The Kier molecular flexibility index (Phi) is 4.37. The smallest absolute Gasteiger partial charge is 0.262 e. The third-order valence-electron chi connectivity index (χ3n) is 4.90. The summed E-state index contributed by atoms with van der Waals surface area (Å²) in [5, 5.41) is 2.72. The lowest BCUT2D eigenvalue weighted by Crippen LogP contribution is -2.27. The van der Waals surface area contributed by atoms with Crippen molar-refractivity contribution in [3.05, 3.63) is 53.1 Å². The van der Waals surface area contributed by atoms with Crippen molar-refractivity contribution in [2.75, 3.05) is 11.9 Å². The second-order valence-corrected chi connectivity index (χ2v) is 6.81. The summed E-state index contributed by atoms with van der Waals surface area (Å²) in [6.45, 7) is 1.74. The molecule has 26 heavy (non-hydrogen) atoms. The predicted octanol–water partition coefficient (Wildman–Crippen LogP) is 3.55. The zero-order chi connectivity index (χ0) is 18.1. The minimum Gasteiger partial charge on any atom is -0.483 e. The van der Waals surface area contributed by atoms with Crippen molar-refractivity contribution in [3.8, 4) is 11.5 Å². The summed E-state index contributed by atoms with van der Waals surface area (Å²) >= 11 is 0. The van der Waals surface area contributed by atoms with E-state index in [9.17, 15) is 9.59 Å². The van der Waals surface area contributed by atoms with E-state index in [1.165, 1.54) is 24.0 Å². The molecule has 0 aromatic heterocycles. The third kappa shape index (κ3) is 3.29. The number of aryl methyl sites for hydroxylation is 2. The number of ketones is 1. The molecule has 1 unspecified atom stereocenters. The molecule has 0 saturated carbocycles. The number of carbonyl (C=O) groups excluding carboxylic acids is 2. The number of hydrogen-bond acceptors (Lipinski definition) is 4. The molecule has 4 rings (SSSR count). The van der Waals surface area contributed by atoms with Crippen LogP contribution in [0.15, 0.2) is 36.4 Å². The molecule has 1 atom stereocenters. The molecule has 134 valence electrons. The number of carbonyl (C=O) groups is 2. The lowest BCUT2D eigenvalue weighted by molar-refractivity contribution is -0.118. The number of amides is 1. The van der Waals surface area contributed by atoms with Crippen LogP contribution < -0.4 is 14.8 Å². The summed E-state index contributed by atoms with van der Waals surface area (Å²) in [7, 11) is 0. The number of nitrogens with one attached hydrogen (secondary N) is 1. The third-order valence-corrected chi connectivity index (χ3v) is 4.90. The van der Waals surface area contributed by atoms with E-state index in [2.05, 4.69) is 17.4 Å². The Morgan fingerprint density at radius 3 is 2.77 bits per heavy atom. The summed E-state index contributed by atoms with van der Waals surface area (Å²) in [5.74, 6) is 0.941. The Morgan fingerprint density at radius 2 is 1.92 bits per heavy atom. The Morgan fingerprint density at radius 1 is 1.12 bits per heavy atom. The number of anilines is 1. The summed E-state index contributed by atoms with van der Waals surface area (Å²) in [6.07, 6.45) is 4.01. The molecule has 1 N–H and O–H groups in total. The largest absolute Gasteiger partial charge is 0.483 e. The van der Waals surface area contributed by atoms with Crippen LogP contribution in [0.25, 0.3) is 0 Å². The molecule has 1 heterocycles. The summed E-state index contributed by atoms with van der Waals surface area (Å²) in [5.41, 5.74) is 3.71. The molecular formula is C21H21NO4. The summed E-state index contributed by atoms with van der Waals surface area (Å²) < 4.78 is 11.2. The van der Waals surface area contributed by atoms with Crippen LogP contribution in [-0.2, 0) is 17.6 Å². The molecule has 1 aliphatic heterocycles. The van der Waals surface area contributed by atoms with E-state index in [-0.39, 0.29) is 18.3 Å². The van der Waals surface area contributed by atoms with Crippen molar-refractivity contribution < 1.29 is 19.1 Å². The summed E-state index contributed by atoms with van der Waals surface area (Å²) in [4.78, 5) is 24.2. The van der Waals surface area contributed by atoms with E-state index in [4.69, 9.17) is 9.47 Å². The molecule has 5 heteroatoms. The maximum absolute atomic E-state index is 12.7. The maximum Gasteiger partial charge on any atom is 0.262 e. The molecule has 1 aliphatic carbocycles. The second kappa shape index (κ2) is 6.83. The van der Waals surface area contributed by atoms with Crippen molar-refractivity contribution in [2.45, 2.75) is 38.7 Å². The molecule has 1 amide bonds. The fourth-order valence-corrected chi connectivity index (χ4v) is 3.51. The maximum atomic E-state index is 12.7. The van der Waals surface area contributed by atoms with Crippen LogP contribution >= 0.6 is 0 Å². The van der Waals surface area contributed by atoms with Gasteiger partial charge in [-0.25, -0.2) is 0 Å². The van der Waals surface area contributed by atoms with Gasteiger partial charge in [-0.1, -0.05) is 6.07 Å². The van der Waals surface area contributed by atoms with Gasteiger partial charge in [0.25, 0.3) is 5.91 Å².